The smallest absolute Gasteiger partial charge is 0.302 e. The summed E-state index contributed by atoms with van der Waals surface area (Å²) >= 11 is 0. The number of esters is 2. The minimum atomic E-state index is -0.321. The highest BCUT2D eigenvalue weighted by Gasteiger charge is 2.12. The summed E-state index contributed by atoms with van der Waals surface area (Å²) in [5.41, 5.74) is 0. The van der Waals surface area contributed by atoms with Gasteiger partial charge in [0.2, 0.25) is 0 Å². The molecule has 0 aliphatic heterocycles. The van der Waals surface area contributed by atoms with Crippen LogP contribution in [-0.2, 0) is 23.8 Å². The van der Waals surface area contributed by atoms with Gasteiger partial charge < -0.3 is 14.2 Å². The van der Waals surface area contributed by atoms with Crippen LogP contribution >= 0.6 is 0 Å². The zero-order chi connectivity index (χ0) is 14.7. The molecule has 2 atom stereocenters. The van der Waals surface area contributed by atoms with Crippen molar-refractivity contribution in [2.75, 3.05) is 13.2 Å². The van der Waals surface area contributed by atoms with Gasteiger partial charge in [0.25, 0.3) is 0 Å². The second-order valence-electron chi connectivity index (χ2n) is 3.94. The summed E-state index contributed by atoms with van der Waals surface area (Å²) in [4.78, 5) is 21.3. The standard InChI is InChI=1S/C14H22O5/c1-5-13(7-9-17-11(3)15)19-14(6-2)8-10-18-12(4)16/h5-6,13-14H,1-2,7-10H2,3-4H3. The third-order valence-corrected chi connectivity index (χ3v) is 2.29. The van der Waals surface area contributed by atoms with Gasteiger partial charge in [-0.15, -0.1) is 13.2 Å². The van der Waals surface area contributed by atoms with Gasteiger partial charge in [-0.3, -0.25) is 9.59 Å². The maximum absolute atomic E-state index is 10.6. The van der Waals surface area contributed by atoms with Gasteiger partial charge in [-0.1, -0.05) is 12.2 Å². The monoisotopic (exact) mass is 270 g/mol. The Morgan fingerprint density at radius 1 is 0.947 bits per heavy atom. The quantitative estimate of drug-likeness (QED) is 0.449. The highest BCUT2D eigenvalue weighted by Crippen LogP contribution is 2.09. The molecule has 0 aromatic heterocycles. The lowest BCUT2D eigenvalue weighted by molar-refractivity contribution is -0.141. The van der Waals surface area contributed by atoms with Gasteiger partial charge >= 0.3 is 11.9 Å². The molecule has 0 aromatic carbocycles. The van der Waals surface area contributed by atoms with Crippen LogP contribution in [0, 0.1) is 0 Å². The van der Waals surface area contributed by atoms with Crippen molar-refractivity contribution >= 4 is 11.9 Å². The van der Waals surface area contributed by atoms with E-state index in [1.165, 1.54) is 13.8 Å². The molecule has 0 heterocycles. The first-order valence-electron chi connectivity index (χ1n) is 6.16. The summed E-state index contributed by atoms with van der Waals surface area (Å²) in [6.45, 7) is 10.6. The van der Waals surface area contributed by atoms with E-state index in [2.05, 4.69) is 13.2 Å². The molecule has 0 N–H and O–H groups in total. The van der Waals surface area contributed by atoms with Crippen molar-refractivity contribution in [2.45, 2.75) is 38.9 Å². The minimum absolute atomic E-state index is 0.236. The van der Waals surface area contributed by atoms with E-state index in [0.717, 1.165) is 0 Å². The molecule has 0 amide bonds. The number of carbonyl (C=O) groups excluding carboxylic acids is 2. The van der Waals surface area contributed by atoms with E-state index in [9.17, 15) is 9.59 Å². The minimum Gasteiger partial charge on any atom is -0.466 e. The van der Waals surface area contributed by atoms with E-state index in [4.69, 9.17) is 14.2 Å². The van der Waals surface area contributed by atoms with Crippen molar-refractivity contribution in [1.82, 2.24) is 0 Å². The average molecular weight is 270 g/mol. The molecule has 0 saturated heterocycles. The van der Waals surface area contributed by atoms with E-state index in [0.29, 0.717) is 12.8 Å². The van der Waals surface area contributed by atoms with Crippen LogP contribution in [0.4, 0.5) is 0 Å². The molecule has 0 rings (SSSR count). The SMILES string of the molecule is C=CC(CCOC(C)=O)OC(C=C)CCOC(C)=O. The number of hydrogen-bond acceptors (Lipinski definition) is 5. The maximum atomic E-state index is 10.6. The fourth-order valence-corrected chi connectivity index (χ4v) is 1.35. The van der Waals surface area contributed by atoms with Crippen LogP contribution in [0.3, 0.4) is 0 Å². The van der Waals surface area contributed by atoms with Crippen LogP contribution in [0.15, 0.2) is 25.3 Å². The number of ether oxygens (including phenoxy) is 3. The molecule has 0 saturated carbocycles. The first-order valence-corrected chi connectivity index (χ1v) is 6.16. The van der Waals surface area contributed by atoms with Gasteiger partial charge in [0.05, 0.1) is 25.4 Å². The van der Waals surface area contributed by atoms with Gasteiger partial charge in [-0.25, -0.2) is 0 Å². The Morgan fingerprint density at radius 2 is 1.32 bits per heavy atom. The zero-order valence-electron chi connectivity index (χ0n) is 11.6. The van der Waals surface area contributed by atoms with Gasteiger partial charge in [0.15, 0.2) is 0 Å². The van der Waals surface area contributed by atoms with E-state index in [-0.39, 0.29) is 37.4 Å². The summed E-state index contributed by atoms with van der Waals surface area (Å²) in [6, 6.07) is 0. The first kappa shape index (κ1) is 17.4. The van der Waals surface area contributed by atoms with Gasteiger partial charge in [-0.05, 0) is 0 Å². The molecule has 0 bridgehead atoms. The molecule has 19 heavy (non-hydrogen) atoms. The molecule has 2 unspecified atom stereocenters. The topological polar surface area (TPSA) is 61.8 Å². The van der Waals surface area contributed by atoms with Crippen molar-refractivity contribution in [3.05, 3.63) is 25.3 Å². The Hall–Kier alpha value is -1.62. The fraction of sp³-hybridized carbons (Fsp3) is 0.571. The second-order valence-corrected chi connectivity index (χ2v) is 3.94. The Labute approximate surface area is 114 Å². The van der Waals surface area contributed by atoms with Crippen LogP contribution in [0.2, 0.25) is 0 Å². The first-order chi connectivity index (χ1) is 8.99. The van der Waals surface area contributed by atoms with Crippen molar-refractivity contribution < 1.29 is 23.8 Å². The van der Waals surface area contributed by atoms with E-state index in [1.807, 2.05) is 0 Å². The lowest BCUT2D eigenvalue weighted by Gasteiger charge is -2.20. The summed E-state index contributed by atoms with van der Waals surface area (Å²) in [6.07, 6.45) is 3.87. The third-order valence-electron chi connectivity index (χ3n) is 2.29. The molecule has 0 aliphatic carbocycles. The second kappa shape index (κ2) is 10.3. The summed E-state index contributed by atoms with van der Waals surface area (Å²) < 4.78 is 15.4. The molecule has 5 nitrogen and oxygen atoms in total. The molecule has 0 aliphatic rings. The Morgan fingerprint density at radius 3 is 1.58 bits per heavy atom. The van der Waals surface area contributed by atoms with Crippen molar-refractivity contribution in [2.24, 2.45) is 0 Å². The predicted octanol–water partition coefficient (Wildman–Crippen LogP) is 2.02. The summed E-state index contributed by atoms with van der Waals surface area (Å²) in [5, 5.41) is 0. The van der Waals surface area contributed by atoms with Gasteiger partial charge in [0.1, 0.15) is 0 Å². The zero-order valence-corrected chi connectivity index (χ0v) is 11.6. The number of hydrogen-bond donors (Lipinski definition) is 0. The van der Waals surface area contributed by atoms with Crippen molar-refractivity contribution in [3.63, 3.8) is 0 Å². The Kier molecular flexibility index (Phi) is 9.44. The van der Waals surface area contributed by atoms with E-state index in [1.54, 1.807) is 12.2 Å². The Bertz CT molecular complexity index is 281. The number of rotatable bonds is 10. The van der Waals surface area contributed by atoms with E-state index >= 15 is 0 Å². The normalized spacial score (nSPS) is 13.2. The number of carbonyl (C=O) groups is 2. The van der Waals surface area contributed by atoms with Gasteiger partial charge in [-0.2, -0.15) is 0 Å². The molecular weight excluding hydrogens is 248 g/mol. The third kappa shape index (κ3) is 10.0. The summed E-state index contributed by atoms with van der Waals surface area (Å²) in [5.74, 6) is -0.643. The van der Waals surface area contributed by atoms with Crippen LogP contribution in [0.25, 0.3) is 0 Å². The average Bonchev–Trinajstić information content (AvgIpc) is 2.34. The van der Waals surface area contributed by atoms with Crippen LogP contribution in [0.5, 0.6) is 0 Å². The molecule has 0 aromatic rings. The lowest BCUT2D eigenvalue weighted by atomic mass is 10.2. The predicted molar refractivity (Wildman–Crippen MR) is 71.6 cm³/mol. The molecule has 5 heteroatoms. The van der Waals surface area contributed by atoms with Crippen LogP contribution in [0.1, 0.15) is 26.7 Å². The molecule has 0 fully saturated rings. The summed E-state index contributed by atoms with van der Waals surface area (Å²) in [7, 11) is 0. The largest absolute Gasteiger partial charge is 0.466 e. The Balaban J connectivity index is 4.01. The molecule has 108 valence electrons. The van der Waals surface area contributed by atoms with Crippen molar-refractivity contribution in [1.29, 1.82) is 0 Å². The lowest BCUT2D eigenvalue weighted by Crippen LogP contribution is -2.22. The fourth-order valence-electron chi connectivity index (χ4n) is 1.35. The van der Waals surface area contributed by atoms with Crippen LogP contribution in [-0.4, -0.2) is 37.4 Å². The van der Waals surface area contributed by atoms with E-state index < -0.39 is 0 Å². The maximum Gasteiger partial charge on any atom is 0.302 e. The molecule has 0 spiro atoms. The highest BCUT2D eigenvalue weighted by atomic mass is 16.5. The highest BCUT2D eigenvalue weighted by molar-refractivity contribution is 5.66. The van der Waals surface area contributed by atoms with Crippen LogP contribution < -0.4 is 0 Å². The molecule has 0 radical (unpaired) electrons. The van der Waals surface area contributed by atoms with Crippen molar-refractivity contribution in [3.8, 4) is 0 Å². The molecular formula is C14H22O5. The van der Waals surface area contributed by atoms with Gasteiger partial charge in [0, 0.05) is 26.7 Å².